The molecule has 0 saturated carbocycles. The summed E-state index contributed by atoms with van der Waals surface area (Å²) in [5.74, 6) is -0.415. The summed E-state index contributed by atoms with van der Waals surface area (Å²) in [6.07, 6.45) is 1.58. The Morgan fingerprint density at radius 1 is 1.58 bits per heavy atom. The number of hydrogen-bond acceptors (Lipinski definition) is 2. The summed E-state index contributed by atoms with van der Waals surface area (Å²) in [6.45, 7) is 0.797. The van der Waals surface area contributed by atoms with Gasteiger partial charge >= 0.3 is 0 Å². The lowest BCUT2D eigenvalue weighted by Crippen LogP contribution is -2.12. The molecule has 0 atom stereocenters. The van der Waals surface area contributed by atoms with Crippen LogP contribution in [0.5, 0.6) is 0 Å². The van der Waals surface area contributed by atoms with E-state index >= 15 is 0 Å². The second-order valence-corrected chi connectivity index (χ2v) is 4.00. The third-order valence-electron chi connectivity index (χ3n) is 1.38. The summed E-state index contributed by atoms with van der Waals surface area (Å²) in [7, 11) is 3.94. The third kappa shape index (κ3) is 2.67. The Kier molecular flexibility index (Phi) is 3.39. The van der Waals surface area contributed by atoms with Crippen LogP contribution in [-0.4, -0.2) is 24.0 Å². The van der Waals surface area contributed by atoms with Gasteiger partial charge in [0, 0.05) is 22.4 Å². The van der Waals surface area contributed by atoms with E-state index in [1.165, 1.54) is 6.07 Å². The molecule has 0 aliphatic heterocycles. The summed E-state index contributed by atoms with van der Waals surface area (Å²) < 4.78 is 13.5. The molecule has 0 bridgehead atoms. The average molecular weight is 280 g/mol. The normalized spacial score (nSPS) is 10.8. The lowest BCUT2D eigenvalue weighted by Gasteiger charge is -2.10. The zero-order valence-corrected chi connectivity index (χ0v) is 9.17. The van der Waals surface area contributed by atoms with Gasteiger partial charge in [0.1, 0.15) is 0 Å². The Hall–Kier alpha value is -0.230. The minimum atomic E-state index is -0.415. The fourth-order valence-electron chi connectivity index (χ4n) is 0.893. The average Bonchev–Trinajstić information content (AvgIpc) is 1.94. The van der Waals surface area contributed by atoms with Crippen molar-refractivity contribution in [3.63, 3.8) is 0 Å². The highest BCUT2D eigenvalue weighted by molar-refractivity contribution is 14.1. The fraction of sp³-hybridized carbons (Fsp3) is 0.375. The standard InChI is InChI=1S/C8H10FIN2/c1-12(2)5-6-4-11-8(9)3-7(6)10/h3-4H,5H2,1-2H3. The van der Waals surface area contributed by atoms with Crippen LogP contribution in [0.2, 0.25) is 0 Å². The molecule has 12 heavy (non-hydrogen) atoms. The van der Waals surface area contributed by atoms with Crippen molar-refractivity contribution in [2.45, 2.75) is 6.54 Å². The van der Waals surface area contributed by atoms with E-state index < -0.39 is 5.95 Å². The molecular formula is C8H10FIN2. The summed E-state index contributed by atoms with van der Waals surface area (Å²) in [5.41, 5.74) is 1.06. The van der Waals surface area contributed by atoms with Crippen molar-refractivity contribution in [3.05, 3.63) is 27.3 Å². The molecule has 0 saturated heterocycles. The predicted octanol–water partition coefficient (Wildman–Crippen LogP) is 1.89. The van der Waals surface area contributed by atoms with Gasteiger partial charge in [-0.2, -0.15) is 4.39 Å². The van der Waals surface area contributed by atoms with E-state index in [1.54, 1.807) is 6.20 Å². The molecule has 2 nitrogen and oxygen atoms in total. The van der Waals surface area contributed by atoms with Crippen LogP contribution in [0, 0.1) is 9.52 Å². The Balaban J connectivity index is 2.86. The van der Waals surface area contributed by atoms with Crippen molar-refractivity contribution in [2.24, 2.45) is 0 Å². The van der Waals surface area contributed by atoms with Crippen LogP contribution in [0.15, 0.2) is 12.3 Å². The zero-order valence-electron chi connectivity index (χ0n) is 7.01. The van der Waals surface area contributed by atoms with Gasteiger partial charge in [-0.1, -0.05) is 0 Å². The Labute approximate surface area is 84.9 Å². The van der Waals surface area contributed by atoms with Gasteiger partial charge in [-0.3, -0.25) is 0 Å². The molecule has 1 aromatic rings. The summed E-state index contributed by atoms with van der Waals surface area (Å²) in [5, 5.41) is 0. The molecule has 0 amide bonds. The van der Waals surface area contributed by atoms with Crippen molar-refractivity contribution >= 4 is 22.6 Å². The molecule has 0 spiro atoms. The van der Waals surface area contributed by atoms with Crippen LogP contribution in [0.4, 0.5) is 4.39 Å². The van der Waals surface area contributed by atoms with E-state index in [4.69, 9.17) is 0 Å². The minimum Gasteiger partial charge on any atom is -0.305 e. The second kappa shape index (κ2) is 4.13. The highest BCUT2D eigenvalue weighted by atomic mass is 127. The van der Waals surface area contributed by atoms with E-state index in [0.717, 1.165) is 15.7 Å². The van der Waals surface area contributed by atoms with Gasteiger partial charge in [0.2, 0.25) is 5.95 Å². The summed E-state index contributed by atoms with van der Waals surface area (Å²) >= 11 is 2.11. The maximum absolute atomic E-state index is 12.6. The smallest absolute Gasteiger partial charge is 0.213 e. The second-order valence-electron chi connectivity index (χ2n) is 2.84. The number of rotatable bonds is 2. The first-order valence-electron chi connectivity index (χ1n) is 3.54. The van der Waals surface area contributed by atoms with Gasteiger partial charge < -0.3 is 4.90 Å². The van der Waals surface area contributed by atoms with Crippen molar-refractivity contribution in [1.29, 1.82) is 0 Å². The lowest BCUT2D eigenvalue weighted by atomic mass is 10.3. The maximum Gasteiger partial charge on any atom is 0.213 e. The predicted molar refractivity (Wildman–Crippen MR) is 54.3 cm³/mol. The van der Waals surface area contributed by atoms with Gasteiger partial charge in [-0.05, 0) is 42.2 Å². The largest absolute Gasteiger partial charge is 0.305 e. The Morgan fingerprint density at radius 3 is 2.75 bits per heavy atom. The summed E-state index contributed by atoms with van der Waals surface area (Å²) in [4.78, 5) is 5.62. The van der Waals surface area contributed by atoms with Crippen LogP contribution >= 0.6 is 22.6 Å². The van der Waals surface area contributed by atoms with Crippen molar-refractivity contribution in [2.75, 3.05) is 14.1 Å². The monoisotopic (exact) mass is 280 g/mol. The molecule has 0 radical (unpaired) electrons. The van der Waals surface area contributed by atoms with Crippen LogP contribution in [0.1, 0.15) is 5.56 Å². The zero-order chi connectivity index (χ0) is 9.14. The Bertz CT molecular complexity index is 276. The number of nitrogens with zero attached hydrogens (tertiary/aromatic N) is 2. The first-order valence-corrected chi connectivity index (χ1v) is 4.62. The quantitative estimate of drug-likeness (QED) is 0.607. The molecule has 0 fully saturated rings. The molecule has 0 N–H and O–H groups in total. The molecule has 0 aliphatic carbocycles. The topological polar surface area (TPSA) is 16.1 Å². The molecule has 0 aromatic carbocycles. The van der Waals surface area contributed by atoms with Gasteiger partial charge in [0.25, 0.3) is 0 Å². The first-order chi connectivity index (χ1) is 5.59. The number of pyridine rings is 1. The lowest BCUT2D eigenvalue weighted by molar-refractivity contribution is 0.400. The highest BCUT2D eigenvalue weighted by Gasteiger charge is 2.02. The van der Waals surface area contributed by atoms with Crippen LogP contribution in [0.3, 0.4) is 0 Å². The molecule has 66 valence electrons. The molecule has 1 rings (SSSR count). The molecule has 1 aromatic heterocycles. The van der Waals surface area contributed by atoms with E-state index in [1.807, 2.05) is 19.0 Å². The Morgan fingerprint density at radius 2 is 2.25 bits per heavy atom. The van der Waals surface area contributed by atoms with Gasteiger partial charge in [-0.15, -0.1) is 0 Å². The van der Waals surface area contributed by atoms with Crippen molar-refractivity contribution in [1.82, 2.24) is 9.88 Å². The minimum absolute atomic E-state index is 0.415. The van der Waals surface area contributed by atoms with Crippen LogP contribution < -0.4 is 0 Å². The van der Waals surface area contributed by atoms with E-state index in [9.17, 15) is 4.39 Å². The SMILES string of the molecule is CN(C)Cc1cnc(F)cc1I. The number of hydrogen-bond donors (Lipinski definition) is 0. The molecule has 1 heterocycles. The third-order valence-corrected chi connectivity index (χ3v) is 2.39. The molecule has 4 heteroatoms. The van der Waals surface area contributed by atoms with Gasteiger partial charge in [-0.25, -0.2) is 4.98 Å². The molecule has 0 unspecified atom stereocenters. The van der Waals surface area contributed by atoms with Crippen LogP contribution in [-0.2, 0) is 6.54 Å². The fourth-order valence-corrected chi connectivity index (χ4v) is 1.46. The van der Waals surface area contributed by atoms with Gasteiger partial charge in [0.15, 0.2) is 0 Å². The van der Waals surface area contributed by atoms with Crippen LogP contribution in [0.25, 0.3) is 0 Å². The van der Waals surface area contributed by atoms with E-state index in [-0.39, 0.29) is 0 Å². The first kappa shape index (κ1) is 9.85. The van der Waals surface area contributed by atoms with E-state index in [2.05, 4.69) is 27.6 Å². The number of aromatic nitrogens is 1. The summed E-state index contributed by atoms with van der Waals surface area (Å²) in [6, 6.07) is 1.44. The highest BCUT2D eigenvalue weighted by Crippen LogP contribution is 2.12. The molecule has 0 aliphatic rings. The molecular weight excluding hydrogens is 270 g/mol. The van der Waals surface area contributed by atoms with Crippen molar-refractivity contribution < 1.29 is 4.39 Å². The number of halogens is 2. The van der Waals surface area contributed by atoms with Gasteiger partial charge in [0.05, 0.1) is 0 Å². The van der Waals surface area contributed by atoms with E-state index in [0.29, 0.717) is 0 Å². The maximum atomic E-state index is 12.6. The van der Waals surface area contributed by atoms with Crippen molar-refractivity contribution in [3.8, 4) is 0 Å².